The second-order valence-electron chi connectivity index (χ2n) is 7.78. The van der Waals surface area contributed by atoms with Crippen LogP contribution in [0.4, 0.5) is 0 Å². The number of fused-ring (bicyclic) bond motifs is 1. The molecule has 3 rings (SSSR count). The van der Waals surface area contributed by atoms with E-state index in [2.05, 4.69) is 6.58 Å². The smallest absolute Gasteiger partial charge is 0.333 e. The first-order valence-electron chi connectivity index (χ1n) is 9.09. The third kappa shape index (κ3) is 3.84. The lowest BCUT2D eigenvalue weighted by Crippen LogP contribution is -2.41. The average molecular weight is 380 g/mol. The summed E-state index contributed by atoms with van der Waals surface area (Å²) in [5.41, 5.74) is 0.0211. The highest BCUT2D eigenvalue weighted by Crippen LogP contribution is 2.62. The first kappa shape index (κ1) is 19.4. The number of carbonyl (C=O) groups excluding carboxylic acids is 4. The molecule has 148 valence electrons. The molecule has 0 amide bonds. The van der Waals surface area contributed by atoms with Crippen LogP contribution in [0.25, 0.3) is 0 Å². The van der Waals surface area contributed by atoms with Crippen LogP contribution >= 0.6 is 0 Å². The van der Waals surface area contributed by atoms with Gasteiger partial charge in [-0.25, -0.2) is 4.79 Å². The number of hydrogen-bond acceptors (Lipinski definition) is 8. The number of hydrogen-bond donors (Lipinski definition) is 0. The van der Waals surface area contributed by atoms with Crippen molar-refractivity contribution >= 4 is 23.9 Å². The van der Waals surface area contributed by atoms with Crippen molar-refractivity contribution in [3.05, 3.63) is 12.2 Å². The molecular formula is C19H24O8. The Labute approximate surface area is 157 Å². The maximum atomic E-state index is 12.1. The summed E-state index contributed by atoms with van der Waals surface area (Å²) in [5, 5.41) is 0. The zero-order chi connectivity index (χ0) is 19.8. The zero-order valence-corrected chi connectivity index (χ0v) is 15.5. The van der Waals surface area contributed by atoms with Gasteiger partial charge in [-0.05, 0) is 19.8 Å². The molecule has 1 heterocycles. The highest BCUT2D eigenvalue weighted by molar-refractivity contribution is 5.86. The molecule has 0 aromatic rings. The van der Waals surface area contributed by atoms with Crippen LogP contribution in [0.15, 0.2) is 12.2 Å². The van der Waals surface area contributed by atoms with Crippen molar-refractivity contribution in [2.75, 3.05) is 13.2 Å². The van der Waals surface area contributed by atoms with E-state index < -0.39 is 24.0 Å². The summed E-state index contributed by atoms with van der Waals surface area (Å²) in [6.07, 6.45) is 0.432. The Morgan fingerprint density at radius 3 is 2.52 bits per heavy atom. The molecule has 0 aromatic heterocycles. The van der Waals surface area contributed by atoms with Gasteiger partial charge in [-0.3, -0.25) is 14.4 Å². The van der Waals surface area contributed by atoms with Crippen LogP contribution in [-0.4, -0.2) is 49.3 Å². The lowest BCUT2D eigenvalue weighted by Gasteiger charge is -2.32. The zero-order valence-electron chi connectivity index (χ0n) is 15.5. The van der Waals surface area contributed by atoms with Gasteiger partial charge < -0.3 is 18.9 Å². The maximum absolute atomic E-state index is 12.1. The van der Waals surface area contributed by atoms with Gasteiger partial charge in [0.25, 0.3) is 0 Å². The maximum Gasteiger partial charge on any atom is 0.333 e. The monoisotopic (exact) mass is 380 g/mol. The normalized spacial score (nSPS) is 32.7. The SMILES string of the molecule is C=C(C)C(=O)OCCOC(=O)CCC(=O)OC1C2OC(=O)C3CC1(C)CC32. The summed E-state index contributed by atoms with van der Waals surface area (Å²) in [6.45, 7) is 6.81. The van der Waals surface area contributed by atoms with Gasteiger partial charge in [0.05, 0.1) is 18.8 Å². The molecule has 0 spiro atoms. The predicted octanol–water partition coefficient (Wildman–Crippen LogP) is 1.31. The molecule has 3 fully saturated rings. The molecule has 5 unspecified atom stereocenters. The lowest BCUT2D eigenvalue weighted by molar-refractivity contribution is -0.167. The fraction of sp³-hybridized carbons (Fsp3) is 0.684. The van der Waals surface area contributed by atoms with Gasteiger partial charge in [0.1, 0.15) is 25.4 Å². The van der Waals surface area contributed by atoms with Gasteiger partial charge >= 0.3 is 23.9 Å². The van der Waals surface area contributed by atoms with E-state index in [9.17, 15) is 19.2 Å². The van der Waals surface area contributed by atoms with E-state index in [4.69, 9.17) is 18.9 Å². The number of ether oxygens (including phenoxy) is 4. The van der Waals surface area contributed by atoms with Crippen LogP contribution in [0, 0.1) is 17.3 Å². The summed E-state index contributed by atoms with van der Waals surface area (Å²) >= 11 is 0. The summed E-state index contributed by atoms with van der Waals surface area (Å²) in [7, 11) is 0. The van der Waals surface area contributed by atoms with Crippen molar-refractivity contribution in [1.82, 2.24) is 0 Å². The fourth-order valence-corrected chi connectivity index (χ4v) is 4.34. The van der Waals surface area contributed by atoms with Gasteiger partial charge in [-0.2, -0.15) is 0 Å². The molecule has 8 nitrogen and oxygen atoms in total. The highest BCUT2D eigenvalue weighted by Gasteiger charge is 2.68. The topological polar surface area (TPSA) is 105 Å². The second kappa shape index (κ2) is 7.32. The van der Waals surface area contributed by atoms with Gasteiger partial charge in [-0.1, -0.05) is 13.5 Å². The van der Waals surface area contributed by atoms with Gasteiger partial charge in [0, 0.05) is 16.9 Å². The third-order valence-electron chi connectivity index (χ3n) is 5.59. The Hall–Kier alpha value is -2.38. The summed E-state index contributed by atoms with van der Waals surface area (Å²) in [4.78, 5) is 46.8. The molecule has 2 bridgehead atoms. The number of rotatable bonds is 8. The standard InChI is InChI=1S/C19H24O8/c1-10(2)17(22)25-7-6-24-13(20)4-5-14(21)26-16-15-11-8-19(16,3)9-12(11)18(23)27-15/h11-12,15-16H,1,4-9H2,2-3H3. The fourth-order valence-electron chi connectivity index (χ4n) is 4.34. The minimum absolute atomic E-state index is 0.0658. The lowest BCUT2D eigenvalue weighted by atomic mass is 9.79. The molecule has 0 radical (unpaired) electrons. The molecule has 1 aliphatic heterocycles. The molecule has 3 aliphatic rings. The van der Waals surface area contributed by atoms with E-state index in [-0.39, 0.29) is 61.0 Å². The van der Waals surface area contributed by atoms with Crippen LogP contribution in [0.2, 0.25) is 0 Å². The summed E-state index contributed by atoms with van der Waals surface area (Å²) < 4.78 is 20.6. The van der Waals surface area contributed by atoms with E-state index in [0.717, 1.165) is 6.42 Å². The van der Waals surface area contributed by atoms with Crippen LogP contribution in [0.5, 0.6) is 0 Å². The van der Waals surface area contributed by atoms with E-state index in [1.165, 1.54) is 6.92 Å². The summed E-state index contributed by atoms with van der Waals surface area (Å²) in [6, 6.07) is 0. The van der Waals surface area contributed by atoms with E-state index in [0.29, 0.717) is 6.42 Å². The Balaban J connectivity index is 1.37. The molecule has 2 saturated carbocycles. The van der Waals surface area contributed by atoms with E-state index >= 15 is 0 Å². The van der Waals surface area contributed by atoms with E-state index in [1.807, 2.05) is 6.92 Å². The molecule has 1 saturated heterocycles. The average Bonchev–Trinajstić information content (AvgIpc) is 3.16. The van der Waals surface area contributed by atoms with Crippen molar-refractivity contribution in [1.29, 1.82) is 0 Å². The molecule has 0 aromatic carbocycles. The first-order chi connectivity index (χ1) is 12.7. The molecule has 2 aliphatic carbocycles. The third-order valence-corrected chi connectivity index (χ3v) is 5.59. The van der Waals surface area contributed by atoms with Crippen LogP contribution < -0.4 is 0 Å². The van der Waals surface area contributed by atoms with Crippen molar-refractivity contribution < 1.29 is 38.1 Å². The Bertz CT molecular complexity index is 683. The minimum Gasteiger partial charge on any atom is -0.462 e. The first-order valence-corrected chi connectivity index (χ1v) is 9.09. The molecule has 8 heteroatoms. The van der Waals surface area contributed by atoms with Crippen molar-refractivity contribution in [2.45, 2.75) is 51.7 Å². The van der Waals surface area contributed by atoms with Crippen molar-refractivity contribution in [3.63, 3.8) is 0 Å². The second-order valence-corrected chi connectivity index (χ2v) is 7.78. The molecule has 0 N–H and O–H groups in total. The quantitative estimate of drug-likeness (QED) is 0.269. The molecule has 5 atom stereocenters. The largest absolute Gasteiger partial charge is 0.462 e. The van der Waals surface area contributed by atoms with Crippen LogP contribution in [-0.2, 0) is 38.1 Å². The Morgan fingerprint density at radius 1 is 1.15 bits per heavy atom. The Morgan fingerprint density at radius 2 is 1.81 bits per heavy atom. The highest BCUT2D eigenvalue weighted by atomic mass is 16.6. The predicted molar refractivity (Wildman–Crippen MR) is 90.0 cm³/mol. The van der Waals surface area contributed by atoms with Crippen LogP contribution in [0.3, 0.4) is 0 Å². The molecular weight excluding hydrogens is 356 g/mol. The van der Waals surface area contributed by atoms with Gasteiger partial charge in [0.15, 0.2) is 0 Å². The van der Waals surface area contributed by atoms with E-state index in [1.54, 1.807) is 0 Å². The Kier molecular flexibility index (Phi) is 5.26. The van der Waals surface area contributed by atoms with Crippen LogP contribution in [0.1, 0.15) is 39.5 Å². The van der Waals surface area contributed by atoms with Crippen molar-refractivity contribution in [3.8, 4) is 0 Å². The summed E-state index contributed by atoms with van der Waals surface area (Å²) in [5.74, 6) is -1.77. The van der Waals surface area contributed by atoms with Gasteiger partial charge in [-0.15, -0.1) is 0 Å². The van der Waals surface area contributed by atoms with Crippen molar-refractivity contribution in [2.24, 2.45) is 17.3 Å². The number of carbonyl (C=O) groups is 4. The molecule has 27 heavy (non-hydrogen) atoms. The number of esters is 4. The van der Waals surface area contributed by atoms with Gasteiger partial charge in [0.2, 0.25) is 0 Å². The minimum atomic E-state index is -0.579.